The summed E-state index contributed by atoms with van der Waals surface area (Å²) in [7, 11) is 0. The second kappa shape index (κ2) is 10.8. The number of benzene rings is 2. The van der Waals surface area contributed by atoms with Crippen molar-refractivity contribution in [3.05, 3.63) is 65.2 Å². The Morgan fingerprint density at radius 1 is 1.12 bits per heavy atom. The Labute approximate surface area is 201 Å². The highest BCUT2D eigenvalue weighted by molar-refractivity contribution is 8.00. The first-order valence-electron chi connectivity index (χ1n) is 11.1. The van der Waals surface area contributed by atoms with Crippen molar-refractivity contribution in [2.45, 2.75) is 24.3 Å². The standard InChI is InChI=1S/C24H25F2N5O2S/c25-19-6-5-16(13-20(19)26)23-31(22(32)15-34-23)24(33)29-10-9-28-18-7-11-30(12-8-18)21-4-2-1-3-17(21)14-27/h1-6,13,18,23,28H,7-12,15H2,(H,29,33). The normalized spacial score (nSPS) is 18.7. The minimum absolute atomic E-state index is 0.100. The van der Waals surface area contributed by atoms with Crippen molar-refractivity contribution in [1.82, 2.24) is 15.5 Å². The van der Waals surface area contributed by atoms with Crippen molar-refractivity contribution < 1.29 is 18.4 Å². The zero-order valence-electron chi connectivity index (χ0n) is 18.5. The van der Waals surface area contributed by atoms with Gasteiger partial charge < -0.3 is 15.5 Å². The lowest BCUT2D eigenvalue weighted by atomic mass is 10.0. The average Bonchev–Trinajstić information content (AvgIpc) is 3.25. The van der Waals surface area contributed by atoms with Crippen LogP contribution in [0.2, 0.25) is 0 Å². The van der Waals surface area contributed by atoms with E-state index < -0.39 is 23.0 Å². The number of urea groups is 1. The smallest absolute Gasteiger partial charge is 0.325 e. The summed E-state index contributed by atoms with van der Waals surface area (Å²) in [6.45, 7) is 2.53. The van der Waals surface area contributed by atoms with E-state index in [2.05, 4.69) is 21.6 Å². The molecule has 2 fully saturated rings. The monoisotopic (exact) mass is 485 g/mol. The van der Waals surface area contributed by atoms with Crippen LogP contribution in [0.4, 0.5) is 19.3 Å². The topological polar surface area (TPSA) is 88.5 Å². The van der Waals surface area contributed by atoms with Gasteiger partial charge in [0, 0.05) is 32.2 Å². The Morgan fingerprint density at radius 3 is 2.62 bits per heavy atom. The van der Waals surface area contributed by atoms with E-state index in [0.29, 0.717) is 30.3 Å². The molecule has 1 unspecified atom stereocenters. The molecule has 4 rings (SSSR count). The van der Waals surface area contributed by atoms with Crippen LogP contribution in [0.3, 0.4) is 0 Å². The van der Waals surface area contributed by atoms with E-state index >= 15 is 0 Å². The molecule has 10 heteroatoms. The number of hydrogen-bond acceptors (Lipinski definition) is 6. The van der Waals surface area contributed by atoms with Gasteiger partial charge in [0.15, 0.2) is 11.6 Å². The summed E-state index contributed by atoms with van der Waals surface area (Å²) in [5.41, 5.74) is 2.00. The Kier molecular flexibility index (Phi) is 7.65. The van der Waals surface area contributed by atoms with E-state index in [1.165, 1.54) is 17.8 Å². The summed E-state index contributed by atoms with van der Waals surface area (Å²) in [6, 6.07) is 13.0. The van der Waals surface area contributed by atoms with Gasteiger partial charge in [0.05, 0.1) is 17.0 Å². The number of para-hydroxylation sites is 1. The molecule has 0 aromatic heterocycles. The van der Waals surface area contributed by atoms with E-state index in [1.807, 2.05) is 24.3 Å². The second-order valence-electron chi connectivity index (χ2n) is 8.18. The van der Waals surface area contributed by atoms with Gasteiger partial charge in [-0.1, -0.05) is 18.2 Å². The van der Waals surface area contributed by atoms with E-state index in [-0.39, 0.29) is 11.7 Å². The van der Waals surface area contributed by atoms with Crippen molar-refractivity contribution in [3.8, 4) is 6.07 Å². The van der Waals surface area contributed by atoms with Gasteiger partial charge in [-0.15, -0.1) is 11.8 Å². The van der Waals surface area contributed by atoms with Crippen LogP contribution in [0.5, 0.6) is 0 Å². The van der Waals surface area contributed by atoms with Crippen LogP contribution in [-0.2, 0) is 4.79 Å². The van der Waals surface area contributed by atoms with Crippen LogP contribution >= 0.6 is 11.8 Å². The Morgan fingerprint density at radius 2 is 1.88 bits per heavy atom. The summed E-state index contributed by atoms with van der Waals surface area (Å²) >= 11 is 1.20. The van der Waals surface area contributed by atoms with Crippen molar-refractivity contribution in [2.24, 2.45) is 0 Å². The van der Waals surface area contributed by atoms with Gasteiger partial charge in [0.2, 0.25) is 5.91 Å². The zero-order valence-corrected chi connectivity index (χ0v) is 19.3. The summed E-state index contributed by atoms with van der Waals surface area (Å²) in [5.74, 6) is -2.25. The minimum Gasteiger partial charge on any atom is -0.370 e. The Bertz CT molecular complexity index is 1100. The largest absolute Gasteiger partial charge is 0.370 e. The number of anilines is 1. The molecule has 2 aromatic carbocycles. The zero-order chi connectivity index (χ0) is 24.1. The summed E-state index contributed by atoms with van der Waals surface area (Å²) in [6.07, 6.45) is 1.82. The summed E-state index contributed by atoms with van der Waals surface area (Å²) in [4.78, 5) is 28.2. The minimum atomic E-state index is -1.01. The molecule has 0 bridgehead atoms. The fraction of sp³-hybridized carbons (Fsp3) is 0.375. The average molecular weight is 486 g/mol. The first-order valence-corrected chi connectivity index (χ1v) is 12.2. The molecule has 2 aromatic rings. The van der Waals surface area contributed by atoms with Gasteiger partial charge >= 0.3 is 6.03 Å². The number of carbonyl (C=O) groups excluding carboxylic acids is 2. The number of nitrogens with zero attached hydrogens (tertiary/aromatic N) is 3. The predicted molar refractivity (Wildman–Crippen MR) is 126 cm³/mol. The Balaban J connectivity index is 1.23. The first-order chi connectivity index (χ1) is 16.5. The van der Waals surface area contributed by atoms with E-state index in [9.17, 15) is 23.6 Å². The van der Waals surface area contributed by atoms with E-state index in [1.54, 1.807) is 0 Å². The second-order valence-corrected chi connectivity index (χ2v) is 9.25. The number of thioether (sulfide) groups is 1. The number of nitriles is 1. The van der Waals surface area contributed by atoms with Crippen molar-refractivity contribution in [2.75, 3.05) is 36.8 Å². The fourth-order valence-corrected chi connectivity index (χ4v) is 5.40. The lowest BCUT2D eigenvalue weighted by Crippen LogP contribution is -2.47. The number of imide groups is 1. The lowest BCUT2D eigenvalue weighted by molar-refractivity contribution is -0.125. The van der Waals surface area contributed by atoms with Gasteiger partial charge in [0.25, 0.3) is 0 Å². The van der Waals surface area contributed by atoms with E-state index in [4.69, 9.17) is 0 Å². The molecule has 0 spiro atoms. The van der Waals surface area contributed by atoms with E-state index in [0.717, 1.165) is 48.7 Å². The SMILES string of the molecule is N#Cc1ccccc1N1CCC(NCCNC(=O)N2C(=O)CSC2c2ccc(F)c(F)c2)CC1. The predicted octanol–water partition coefficient (Wildman–Crippen LogP) is 3.38. The Hall–Kier alpha value is -3.16. The maximum Gasteiger partial charge on any atom is 0.325 e. The summed E-state index contributed by atoms with van der Waals surface area (Å²) < 4.78 is 26.9. The molecular formula is C24H25F2N5O2S. The molecule has 7 nitrogen and oxygen atoms in total. The number of halogens is 2. The summed E-state index contributed by atoms with van der Waals surface area (Å²) in [5, 5.41) is 14.8. The number of nitrogens with one attached hydrogen (secondary N) is 2. The molecule has 0 saturated carbocycles. The van der Waals surface area contributed by atoms with Crippen LogP contribution < -0.4 is 15.5 Å². The van der Waals surface area contributed by atoms with Crippen LogP contribution in [-0.4, -0.2) is 54.8 Å². The molecule has 0 aliphatic carbocycles. The molecule has 2 N–H and O–H groups in total. The maximum atomic E-state index is 13.6. The van der Waals surface area contributed by atoms with Crippen molar-refractivity contribution in [1.29, 1.82) is 5.26 Å². The molecule has 178 valence electrons. The highest BCUT2D eigenvalue weighted by atomic mass is 32.2. The van der Waals surface area contributed by atoms with Gasteiger partial charge in [-0.3, -0.25) is 4.79 Å². The molecule has 2 aliphatic rings. The van der Waals surface area contributed by atoms with Crippen LogP contribution in [0, 0.1) is 23.0 Å². The molecule has 2 heterocycles. The maximum absolute atomic E-state index is 13.6. The van der Waals surface area contributed by atoms with Gasteiger partial charge in [-0.2, -0.15) is 5.26 Å². The lowest BCUT2D eigenvalue weighted by Gasteiger charge is -2.34. The number of carbonyl (C=O) groups is 2. The highest BCUT2D eigenvalue weighted by Crippen LogP contribution is 2.39. The molecule has 0 radical (unpaired) electrons. The molecule has 2 saturated heterocycles. The van der Waals surface area contributed by atoms with Crippen LogP contribution in [0.1, 0.15) is 29.3 Å². The third-order valence-electron chi connectivity index (χ3n) is 6.01. The van der Waals surface area contributed by atoms with Gasteiger partial charge in [-0.05, 0) is 42.7 Å². The van der Waals surface area contributed by atoms with Crippen molar-refractivity contribution >= 4 is 29.4 Å². The molecular weight excluding hydrogens is 460 g/mol. The molecule has 34 heavy (non-hydrogen) atoms. The number of piperidine rings is 1. The van der Waals surface area contributed by atoms with Gasteiger partial charge in [0.1, 0.15) is 11.4 Å². The molecule has 2 aliphatic heterocycles. The number of hydrogen-bond donors (Lipinski definition) is 2. The fourth-order valence-electron chi connectivity index (χ4n) is 4.26. The number of amides is 3. The van der Waals surface area contributed by atoms with Crippen LogP contribution in [0.15, 0.2) is 42.5 Å². The van der Waals surface area contributed by atoms with Crippen molar-refractivity contribution in [3.63, 3.8) is 0 Å². The first kappa shape index (κ1) is 24.0. The number of rotatable bonds is 6. The highest BCUT2D eigenvalue weighted by Gasteiger charge is 2.37. The molecule has 3 amide bonds. The third-order valence-corrected chi connectivity index (χ3v) is 7.22. The molecule has 1 atom stereocenters. The van der Waals surface area contributed by atoms with Crippen LogP contribution in [0.25, 0.3) is 0 Å². The third kappa shape index (κ3) is 5.32. The quantitative estimate of drug-likeness (QED) is 0.610. The van der Waals surface area contributed by atoms with Gasteiger partial charge in [-0.25, -0.2) is 18.5 Å².